The lowest BCUT2D eigenvalue weighted by atomic mass is 10.1. The van der Waals surface area contributed by atoms with Crippen molar-refractivity contribution in [3.05, 3.63) is 6.92 Å². The molecule has 0 bridgehead atoms. The quantitative estimate of drug-likeness (QED) is 0.402. The van der Waals surface area contributed by atoms with Crippen molar-refractivity contribution < 1.29 is 0 Å². The van der Waals surface area contributed by atoms with Crippen LogP contribution in [0.25, 0.3) is 0 Å². The zero-order chi connectivity index (χ0) is 9.78. The first-order valence-corrected chi connectivity index (χ1v) is 5.66. The average Bonchev–Trinajstić information content (AvgIpc) is 2.16. The molecule has 0 N–H and O–H groups in total. The molecule has 0 spiro atoms. The second kappa shape index (κ2) is 11.6. The van der Waals surface area contributed by atoms with E-state index in [9.17, 15) is 0 Å². The first-order chi connectivity index (χ1) is 6.41. The third kappa shape index (κ3) is 11.6. The van der Waals surface area contributed by atoms with Crippen molar-refractivity contribution in [1.29, 1.82) is 0 Å². The predicted molar refractivity (Wildman–Crippen MR) is 60.4 cm³/mol. The molecule has 0 aromatic carbocycles. The lowest BCUT2D eigenvalue weighted by Crippen LogP contribution is -1.75. The van der Waals surface area contributed by atoms with E-state index >= 15 is 0 Å². The molecule has 0 amide bonds. The van der Waals surface area contributed by atoms with Crippen molar-refractivity contribution in [3.63, 3.8) is 0 Å². The highest BCUT2D eigenvalue weighted by atomic mass is 13.9. The fourth-order valence-electron chi connectivity index (χ4n) is 1.21. The molecule has 0 atom stereocenters. The van der Waals surface area contributed by atoms with Gasteiger partial charge in [-0.05, 0) is 12.8 Å². The van der Waals surface area contributed by atoms with Gasteiger partial charge in [-0.2, -0.15) is 0 Å². The maximum absolute atomic E-state index is 3.82. The molecule has 0 unspecified atom stereocenters. The number of unbranched alkanes of at least 4 members (excludes halogenated alkanes) is 7. The predicted octanol–water partition coefficient (Wildman–Crippen LogP) is 4.35. The Morgan fingerprint density at radius 2 is 1.46 bits per heavy atom. The van der Waals surface area contributed by atoms with Gasteiger partial charge in [0.2, 0.25) is 0 Å². The number of hydrogen-bond acceptors (Lipinski definition) is 0. The lowest BCUT2D eigenvalue weighted by Gasteiger charge is -1.92. The third-order valence-corrected chi connectivity index (χ3v) is 2.08. The molecule has 0 rings (SSSR count). The Labute approximate surface area is 84.1 Å². The SMILES string of the molecule is [CH2]CCCCCC#CCCCCC. The van der Waals surface area contributed by atoms with E-state index in [1.165, 1.54) is 38.5 Å². The minimum absolute atomic E-state index is 1.07. The molecule has 75 valence electrons. The van der Waals surface area contributed by atoms with Crippen molar-refractivity contribution in [2.24, 2.45) is 0 Å². The van der Waals surface area contributed by atoms with Crippen molar-refractivity contribution in [1.82, 2.24) is 0 Å². The van der Waals surface area contributed by atoms with Gasteiger partial charge in [0.25, 0.3) is 0 Å². The molecular weight excluding hydrogens is 156 g/mol. The monoisotopic (exact) mass is 179 g/mol. The van der Waals surface area contributed by atoms with Crippen LogP contribution in [0.5, 0.6) is 0 Å². The summed E-state index contributed by atoms with van der Waals surface area (Å²) in [7, 11) is 0. The van der Waals surface area contributed by atoms with Crippen LogP contribution in [0, 0.1) is 18.8 Å². The third-order valence-electron chi connectivity index (χ3n) is 2.08. The van der Waals surface area contributed by atoms with E-state index in [2.05, 4.69) is 25.7 Å². The Balaban J connectivity index is 3.02. The van der Waals surface area contributed by atoms with E-state index in [0.717, 1.165) is 19.3 Å². The van der Waals surface area contributed by atoms with Crippen LogP contribution in [0.4, 0.5) is 0 Å². The summed E-state index contributed by atoms with van der Waals surface area (Å²) in [5.41, 5.74) is 0. The first-order valence-electron chi connectivity index (χ1n) is 5.66. The molecule has 0 fully saturated rings. The molecule has 0 nitrogen and oxygen atoms in total. The molecule has 0 aromatic heterocycles. The summed E-state index contributed by atoms with van der Waals surface area (Å²) in [5, 5.41) is 0. The largest absolute Gasteiger partial charge is 0.103 e. The van der Waals surface area contributed by atoms with Gasteiger partial charge < -0.3 is 0 Å². The minimum Gasteiger partial charge on any atom is -0.103 e. The van der Waals surface area contributed by atoms with E-state index < -0.39 is 0 Å². The van der Waals surface area contributed by atoms with Gasteiger partial charge in [-0.25, -0.2) is 0 Å². The zero-order valence-electron chi connectivity index (χ0n) is 9.07. The molecule has 0 aliphatic rings. The molecule has 0 aromatic rings. The van der Waals surface area contributed by atoms with E-state index in [1.807, 2.05) is 0 Å². The Kier molecular flexibility index (Phi) is 11.2. The molecular formula is C13H23. The smallest absolute Gasteiger partial charge is 0.00886 e. The molecule has 0 aliphatic heterocycles. The highest BCUT2D eigenvalue weighted by Gasteiger charge is 1.84. The summed E-state index contributed by atoms with van der Waals surface area (Å²) in [5.74, 6) is 6.46. The summed E-state index contributed by atoms with van der Waals surface area (Å²) in [6.45, 7) is 6.05. The Morgan fingerprint density at radius 3 is 2.00 bits per heavy atom. The molecule has 0 heteroatoms. The summed E-state index contributed by atoms with van der Waals surface area (Å²) in [6, 6.07) is 0. The highest BCUT2D eigenvalue weighted by Crippen LogP contribution is 2.01. The second-order valence-corrected chi connectivity index (χ2v) is 3.47. The summed E-state index contributed by atoms with van der Waals surface area (Å²) in [4.78, 5) is 0. The molecule has 0 saturated heterocycles. The maximum Gasteiger partial charge on any atom is 0.00886 e. The Bertz CT molecular complexity index is 136. The normalized spacial score (nSPS) is 9.38. The van der Waals surface area contributed by atoms with Crippen LogP contribution >= 0.6 is 0 Å². The topological polar surface area (TPSA) is 0 Å². The van der Waals surface area contributed by atoms with Crippen molar-refractivity contribution in [2.45, 2.75) is 64.7 Å². The minimum atomic E-state index is 1.07. The van der Waals surface area contributed by atoms with Gasteiger partial charge in [-0.1, -0.05) is 46.0 Å². The fraction of sp³-hybridized carbons (Fsp3) is 0.769. The van der Waals surface area contributed by atoms with E-state index in [1.54, 1.807) is 0 Å². The van der Waals surface area contributed by atoms with Crippen LogP contribution in [-0.2, 0) is 0 Å². The Morgan fingerprint density at radius 1 is 0.846 bits per heavy atom. The number of hydrogen-bond donors (Lipinski definition) is 0. The summed E-state index contributed by atoms with van der Waals surface area (Å²) in [6.07, 6.45) is 11.0. The number of rotatable bonds is 7. The van der Waals surface area contributed by atoms with Gasteiger partial charge in [-0.15, -0.1) is 11.8 Å². The Hall–Kier alpha value is -0.440. The van der Waals surface area contributed by atoms with Crippen LogP contribution in [0.2, 0.25) is 0 Å². The molecule has 0 saturated carbocycles. The van der Waals surface area contributed by atoms with E-state index in [4.69, 9.17) is 0 Å². The van der Waals surface area contributed by atoms with E-state index in [0.29, 0.717) is 0 Å². The van der Waals surface area contributed by atoms with Gasteiger partial charge in [0.15, 0.2) is 0 Å². The standard InChI is InChI=1S/C13H23/c1-3-5-7-9-11-13-12-10-8-6-4-2/h1,3-11H2,2H3. The molecule has 0 heterocycles. The van der Waals surface area contributed by atoms with Crippen LogP contribution in [-0.4, -0.2) is 0 Å². The van der Waals surface area contributed by atoms with Gasteiger partial charge in [0.05, 0.1) is 0 Å². The average molecular weight is 179 g/mol. The summed E-state index contributed by atoms with van der Waals surface area (Å²) >= 11 is 0. The van der Waals surface area contributed by atoms with Gasteiger partial charge >= 0.3 is 0 Å². The zero-order valence-corrected chi connectivity index (χ0v) is 9.07. The second-order valence-electron chi connectivity index (χ2n) is 3.47. The van der Waals surface area contributed by atoms with Gasteiger partial charge in [-0.3, -0.25) is 0 Å². The molecule has 1 radical (unpaired) electrons. The maximum atomic E-state index is 3.82. The van der Waals surface area contributed by atoms with Crippen LogP contribution in [0.1, 0.15) is 64.7 Å². The van der Waals surface area contributed by atoms with Crippen LogP contribution < -0.4 is 0 Å². The highest BCUT2D eigenvalue weighted by molar-refractivity contribution is 4.98. The van der Waals surface area contributed by atoms with Gasteiger partial charge in [0, 0.05) is 12.8 Å². The lowest BCUT2D eigenvalue weighted by molar-refractivity contribution is 0.700. The van der Waals surface area contributed by atoms with E-state index in [-0.39, 0.29) is 0 Å². The van der Waals surface area contributed by atoms with Crippen LogP contribution in [0.15, 0.2) is 0 Å². The van der Waals surface area contributed by atoms with Crippen molar-refractivity contribution >= 4 is 0 Å². The van der Waals surface area contributed by atoms with Gasteiger partial charge in [0.1, 0.15) is 0 Å². The fourth-order valence-corrected chi connectivity index (χ4v) is 1.21. The van der Waals surface area contributed by atoms with Crippen LogP contribution in [0.3, 0.4) is 0 Å². The van der Waals surface area contributed by atoms with Crippen molar-refractivity contribution in [2.75, 3.05) is 0 Å². The molecule has 13 heavy (non-hydrogen) atoms. The van der Waals surface area contributed by atoms with Crippen molar-refractivity contribution in [3.8, 4) is 11.8 Å². The molecule has 0 aliphatic carbocycles. The summed E-state index contributed by atoms with van der Waals surface area (Å²) < 4.78 is 0. The first kappa shape index (κ1) is 12.6.